The summed E-state index contributed by atoms with van der Waals surface area (Å²) in [6.07, 6.45) is 2.64. The Morgan fingerprint density at radius 3 is 2.74 bits per heavy atom. The smallest absolute Gasteiger partial charge is 0.143 e. The molecule has 1 aromatic heterocycles. The van der Waals surface area contributed by atoms with E-state index in [0.29, 0.717) is 5.92 Å². The first-order chi connectivity index (χ1) is 9.19. The SMILES string of the molecule is COc1cccc2c(C(CN)C3CC3)c(C)n(C)c12. The molecule has 0 amide bonds. The van der Waals surface area contributed by atoms with Crippen LogP contribution in [0.25, 0.3) is 10.9 Å². The van der Waals surface area contributed by atoms with Gasteiger partial charge in [-0.25, -0.2) is 0 Å². The number of para-hydroxylation sites is 1. The van der Waals surface area contributed by atoms with Crippen LogP contribution in [0.4, 0.5) is 0 Å². The van der Waals surface area contributed by atoms with E-state index in [1.165, 1.54) is 35.0 Å². The third kappa shape index (κ3) is 1.84. The predicted octanol–water partition coefficient (Wildman–Crippen LogP) is 2.95. The quantitative estimate of drug-likeness (QED) is 0.916. The molecule has 3 rings (SSSR count). The molecule has 1 heterocycles. The van der Waals surface area contributed by atoms with Gasteiger partial charge in [0.25, 0.3) is 0 Å². The Morgan fingerprint density at radius 2 is 2.16 bits per heavy atom. The zero-order chi connectivity index (χ0) is 13.6. The molecule has 2 aromatic rings. The van der Waals surface area contributed by atoms with Crippen LogP contribution in [0.5, 0.6) is 5.75 Å². The molecule has 2 N–H and O–H groups in total. The molecule has 1 aliphatic rings. The Hall–Kier alpha value is -1.48. The lowest BCUT2D eigenvalue weighted by molar-refractivity contribution is 0.418. The zero-order valence-electron chi connectivity index (χ0n) is 11.9. The van der Waals surface area contributed by atoms with Gasteiger partial charge < -0.3 is 15.0 Å². The molecule has 1 unspecified atom stereocenters. The summed E-state index contributed by atoms with van der Waals surface area (Å²) in [6, 6.07) is 6.30. The lowest BCUT2D eigenvalue weighted by atomic mass is 9.92. The summed E-state index contributed by atoms with van der Waals surface area (Å²) in [6.45, 7) is 2.93. The van der Waals surface area contributed by atoms with Gasteiger partial charge in [-0.3, -0.25) is 0 Å². The van der Waals surface area contributed by atoms with Crippen molar-refractivity contribution in [2.45, 2.75) is 25.7 Å². The molecule has 102 valence electrons. The Balaban J connectivity index is 2.26. The zero-order valence-corrected chi connectivity index (χ0v) is 11.9. The molecule has 1 fully saturated rings. The van der Waals surface area contributed by atoms with Gasteiger partial charge >= 0.3 is 0 Å². The van der Waals surface area contributed by atoms with Crippen molar-refractivity contribution in [2.75, 3.05) is 13.7 Å². The van der Waals surface area contributed by atoms with E-state index in [9.17, 15) is 0 Å². The summed E-state index contributed by atoms with van der Waals surface area (Å²) in [7, 11) is 3.85. The highest BCUT2D eigenvalue weighted by molar-refractivity contribution is 5.91. The lowest BCUT2D eigenvalue weighted by Crippen LogP contribution is -2.15. The highest BCUT2D eigenvalue weighted by Gasteiger charge is 2.34. The number of hydrogen-bond donors (Lipinski definition) is 1. The summed E-state index contributed by atoms with van der Waals surface area (Å²) in [5.41, 5.74) is 9.99. The molecule has 1 aromatic carbocycles. The largest absolute Gasteiger partial charge is 0.495 e. The van der Waals surface area contributed by atoms with E-state index in [1.807, 2.05) is 6.07 Å². The van der Waals surface area contributed by atoms with Gasteiger partial charge in [0.2, 0.25) is 0 Å². The third-order valence-corrected chi connectivity index (χ3v) is 4.55. The molecule has 0 saturated heterocycles. The van der Waals surface area contributed by atoms with Crippen LogP contribution >= 0.6 is 0 Å². The highest BCUT2D eigenvalue weighted by Crippen LogP contribution is 2.46. The first kappa shape index (κ1) is 12.5. The second-order valence-electron chi connectivity index (χ2n) is 5.59. The van der Waals surface area contributed by atoms with Crippen LogP contribution in [-0.2, 0) is 7.05 Å². The van der Waals surface area contributed by atoms with Gasteiger partial charge in [0.05, 0.1) is 12.6 Å². The maximum Gasteiger partial charge on any atom is 0.143 e. The number of nitrogens with two attached hydrogens (primary N) is 1. The van der Waals surface area contributed by atoms with Gasteiger partial charge in [-0.1, -0.05) is 12.1 Å². The average molecular weight is 258 g/mol. The van der Waals surface area contributed by atoms with E-state index in [-0.39, 0.29) is 0 Å². The Labute approximate surface area is 114 Å². The maximum absolute atomic E-state index is 6.04. The molecular weight excluding hydrogens is 236 g/mol. The van der Waals surface area contributed by atoms with Crippen molar-refractivity contribution in [1.82, 2.24) is 4.57 Å². The van der Waals surface area contributed by atoms with Crippen molar-refractivity contribution in [1.29, 1.82) is 0 Å². The Kier molecular flexibility index (Phi) is 3.02. The van der Waals surface area contributed by atoms with Crippen LogP contribution in [0.2, 0.25) is 0 Å². The number of ether oxygens (including phenoxy) is 1. The van der Waals surface area contributed by atoms with Gasteiger partial charge in [-0.15, -0.1) is 0 Å². The molecule has 19 heavy (non-hydrogen) atoms. The normalized spacial score (nSPS) is 16.8. The van der Waals surface area contributed by atoms with Gasteiger partial charge in [0, 0.05) is 24.0 Å². The number of aryl methyl sites for hydroxylation is 1. The minimum Gasteiger partial charge on any atom is -0.495 e. The minimum absolute atomic E-state index is 0.496. The fourth-order valence-electron chi connectivity index (χ4n) is 3.31. The summed E-state index contributed by atoms with van der Waals surface area (Å²) in [5, 5.41) is 1.31. The van der Waals surface area contributed by atoms with Crippen LogP contribution in [-0.4, -0.2) is 18.2 Å². The van der Waals surface area contributed by atoms with Crippen molar-refractivity contribution >= 4 is 10.9 Å². The van der Waals surface area contributed by atoms with Crippen LogP contribution < -0.4 is 10.5 Å². The van der Waals surface area contributed by atoms with E-state index in [4.69, 9.17) is 10.5 Å². The number of hydrogen-bond acceptors (Lipinski definition) is 2. The topological polar surface area (TPSA) is 40.2 Å². The molecule has 3 heteroatoms. The number of benzene rings is 1. The average Bonchev–Trinajstić information content (AvgIpc) is 3.23. The molecule has 1 aliphatic carbocycles. The molecule has 3 nitrogen and oxygen atoms in total. The highest BCUT2D eigenvalue weighted by atomic mass is 16.5. The minimum atomic E-state index is 0.496. The van der Waals surface area contributed by atoms with Gasteiger partial charge in [-0.2, -0.15) is 0 Å². The van der Waals surface area contributed by atoms with Crippen LogP contribution in [0.1, 0.15) is 30.0 Å². The van der Waals surface area contributed by atoms with Gasteiger partial charge in [0.15, 0.2) is 0 Å². The van der Waals surface area contributed by atoms with E-state index >= 15 is 0 Å². The van der Waals surface area contributed by atoms with E-state index in [0.717, 1.165) is 18.2 Å². The summed E-state index contributed by atoms with van der Waals surface area (Å²) in [5.74, 6) is 2.22. The van der Waals surface area contributed by atoms with Gasteiger partial charge in [-0.05, 0) is 43.9 Å². The Bertz CT molecular complexity index is 611. The fraction of sp³-hybridized carbons (Fsp3) is 0.500. The van der Waals surface area contributed by atoms with Crippen molar-refractivity contribution < 1.29 is 4.74 Å². The summed E-state index contributed by atoms with van der Waals surface area (Å²) >= 11 is 0. The van der Waals surface area contributed by atoms with Crippen molar-refractivity contribution in [2.24, 2.45) is 18.7 Å². The second-order valence-corrected chi connectivity index (χ2v) is 5.59. The van der Waals surface area contributed by atoms with E-state index in [1.54, 1.807) is 7.11 Å². The third-order valence-electron chi connectivity index (χ3n) is 4.55. The second kappa shape index (κ2) is 4.57. The van der Waals surface area contributed by atoms with E-state index < -0.39 is 0 Å². The number of methoxy groups -OCH3 is 1. The molecule has 0 bridgehead atoms. The number of nitrogens with zero attached hydrogens (tertiary/aromatic N) is 1. The van der Waals surface area contributed by atoms with Crippen LogP contribution in [0, 0.1) is 12.8 Å². The molecule has 1 saturated carbocycles. The first-order valence-corrected chi connectivity index (χ1v) is 7.01. The number of aromatic nitrogens is 1. The first-order valence-electron chi connectivity index (χ1n) is 7.01. The van der Waals surface area contributed by atoms with E-state index in [2.05, 4.69) is 30.7 Å². The molecule has 0 aliphatic heterocycles. The van der Waals surface area contributed by atoms with Crippen molar-refractivity contribution in [3.05, 3.63) is 29.5 Å². The number of rotatable bonds is 4. The molecular formula is C16H22N2O. The van der Waals surface area contributed by atoms with Crippen molar-refractivity contribution in [3.63, 3.8) is 0 Å². The Morgan fingerprint density at radius 1 is 1.42 bits per heavy atom. The van der Waals surface area contributed by atoms with Gasteiger partial charge in [0.1, 0.15) is 5.75 Å². The van der Waals surface area contributed by atoms with Crippen molar-refractivity contribution in [3.8, 4) is 5.75 Å². The molecule has 0 radical (unpaired) electrons. The fourth-order valence-corrected chi connectivity index (χ4v) is 3.31. The molecule has 1 atom stereocenters. The molecule has 0 spiro atoms. The summed E-state index contributed by atoms with van der Waals surface area (Å²) in [4.78, 5) is 0. The summed E-state index contributed by atoms with van der Waals surface area (Å²) < 4.78 is 7.76. The predicted molar refractivity (Wildman–Crippen MR) is 78.7 cm³/mol. The standard InChI is InChI=1S/C16H22N2O/c1-10-15(13(9-17)11-7-8-11)12-5-4-6-14(19-3)16(12)18(10)2/h4-6,11,13H,7-9,17H2,1-3H3. The van der Waals surface area contributed by atoms with Crippen LogP contribution in [0.15, 0.2) is 18.2 Å². The number of fused-ring (bicyclic) bond motifs is 1. The monoisotopic (exact) mass is 258 g/mol. The lowest BCUT2D eigenvalue weighted by Gasteiger charge is -2.15. The maximum atomic E-state index is 6.04. The van der Waals surface area contributed by atoms with Crippen LogP contribution in [0.3, 0.4) is 0 Å².